The Hall–Kier alpha value is -0.610. The van der Waals surface area contributed by atoms with Crippen LogP contribution < -0.4 is 10.6 Å². The molecule has 2 rings (SSSR count). The summed E-state index contributed by atoms with van der Waals surface area (Å²) < 4.78 is 0.998. The van der Waals surface area contributed by atoms with Gasteiger partial charge in [0.15, 0.2) is 0 Å². The Labute approximate surface area is 112 Å². The van der Waals surface area contributed by atoms with E-state index in [0.29, 0.717) is 12.0 Å². The summed E-state index contributed by atoms with van der Waals surface area (Å²) >= 11 is 3.45. The SMILES string of the molecule is CC1(C)CCCN(c2ncc(Br)cc2CN)C1. The first kappa shape index (κ1) is 12.8. The lowest BCUT2D eigenvalue weighted by Crippen LogP contribution is -2.41. The van der Waals surface area contributed by atoms with Gasteiger partial charge in [-0.3, -0.25) is 0 Å². The average molecular weight is 298 g/mol. The molecule has 1 aromatic rings. The molecule has 0 saturated carbocycles. The highest BCUT2D eigenvalue weighted by Crippen LogP contribution is 2.32. The predicted molar refractivity (Wildman–Crippen MR) is 75.1 cm³/mol. The Morgan fingerprint density at radius 3 is 2.94 bits per heavy atom. The summed E-state index contributed by atoms with van der Waals surface area (Å²) in [5.41, 5.74) is 7.30. The molecule has 0 bridgehead atoms. The zero-order valence-corrected chi connectivity index (χ0v) is 12.1. The van der Waals surface area contributed by atoms with Gasteiger partial charge in [0.2, 0.25) is 0 Å². The molecule has 1 aliphatic heterocycles. The van der Waals surface area contributed by atoms with Crippen molar-refractivity contribution in [3.05, 3.63) is 22.3 Å². The average Bonchev–Trinajstić information content (AvgIpc) is 2.27. The quantitative estimate of drug-likeness (QED) is 0.913. The summed E-state index contributed by atoms with van der Waals surface area (Å²) in [5.74, 6) is 1.06. The third-order valence-corrected chi connectivity index (χ3v) is 3.76. The van der Waals surface area contributed by atoms with Gasteiger partial charge in [0.05, 0.1) is 0 Å². The van der Waals surface area contributed by atoms with E-state index in [9.17, 15) is 0 Å². The molecule has 4 heteroatoms. The molecule has 1 aliphatic rings. The molecule has 0 unspecified atom stereocenters. The molecule has 94 valence electrons. The summed E-state index contributed by atoms with van der Waals surface area (Å²) in [6.45, 7) is 7.33. The summed E-state index contributed by atoms with van der Waals surface area (Å²) in [6.07, 6.45) is 4.38. The second-order valence-corrected chi connectivity index (χ2v) is 6.45. The van der Waals surface area contributed by atoms with E-state index in [2.05, 4.69) is 45.7 Å². The Balaban J connectivity index is 2.27. The molecule has 0 amide bonds. The summed E-state index contributed by atoms with van der Waals surface area (Å²) in [6, 6.07) is 2.07. The number of aromatic nitrogens is 1. The third kappa shape index (κ3) is 2.99. The number of nitrogens with two attached hydrogens (primary N) is 1. The van der Waals surface area contributed by atoms with Gasteiger partial charge < -0.3 is 10.6 Å². The molecular formula is C13H20BrN3. The maximum absolute atomic E-state index is 5.81. The zero-order valence-electron chi connectivity index (χ0n) is 10.5. The second kappa shape index (κ2) is 4.94. The number of pyridine rings is 1. The highest BCUT2D eigenvalue weighted by molar-refractivity contribution is 9.10. The van der Waals surface area contributed by atoms with Crippen molar-refractivity contribution in [3.63, 3.8) is 0 Å². The number of hydrogen-bond acceptors (Lipinski definition) is 3. The van der Waals surface area contributed by atoms with Gasteiger partial charge in [-0.25, -0.2) is 4.98 Å². The molecule has 0 atom stereocenters. The van der Waals surface area contributed by atoms with Crippen LogP contribution in [0.25, 0.3) is 0 Å². The summed E-state index contributed by atoms with van der Waals surface area (Å²) in [4.78, 5) is 6.91. The minimum atomic E-state index is 0.374. The number of rotatable bonds is 2. The first-order chi connectivity index (χ1) is 8.02. The molecule has 1 aromatic heterocycles. The standard InChI is InChI=1S/C13H20BrN3/c1-13(2)4-3-5-17(9-13)12-10(7-15)6-11(14)8-16-12/h6,8H,3-5,7,9,15H2,1-2H3. The van der Waals surface area contributed by atoms with E-state index in [1.807, 2.05) is 6.20 Å². The van der Waals surface area contributed by atoms with Crippen molar-refractivity contribution < 1.29 is 0 Å². The van der Waals surface area contributed by atoms with Crippen LogP contribution in [0.5, 0.6) is 0 Å². The highest BCUT2D eigenvalue weighted by atomic mass is 79.9. The Bertz CT molecular complexity index is 404. The number of hydrogen-bond donors (Lipinski definition) is 1. The highest BCUT2D eigenvalue weighted by Gasteiger charge is 2.27. The van der Waals surface area contributed by atoms with E-state index >= 15 is 0 Å². The number of nitrogens with zero attached hydrogens (tertiary/aromatic N) is 2. The van der Waals surface area contributed by atoms with Crippen LogP contribution in [0.15, 0.2) is 16.7 Å². The smallest absolute Gasteiger partial charge is 0.133 e. The van der Waals surface area contributed by atoms with Crippen molar-refractivity contribution >= 4 is 21.7 Å². The lowest BCUT2D eigenvalue weighted by Gasteiger charge is -2.39. The molecule has 17 heavy (non-hydrogen) atoms. The van der Waals surface area contributed by atoms with Crippen molar-refractivity contribution in [3.8, 4) is 0 Å². The molecule has 0 aromatic carbocycles. The molecule has 2 N–H and O–H groups in total. The molecular weight excluding hydrogens is 278 g/mol. The van der Waals surface area contributed by atoms with E-state index in [0.717, 1.165) is 28.9 Å². The maximum atomic E-state index is 5.81. The van der Waals surface area contributed by atoms with Crippen LogP contribution in [0.1, 0.15) is 32.3 Å². The maximum Gasteiger partial charge on any atom is 0.133 e. The van der Waals surface area contributed by atoms with E-state index in [1.165, 1.54) is 12.8 Å². The Kier molecular flexibility index (Phi) is 3.73. The summed E-state index contributed by atoms with van der Waals surface area (Å²) in [5, 5.41) is 0. The monoisotopic (exact) mass is 297 g/mol. The topological polar surface area (TPSA) is 42.2 Å². The normalized spacial score (nSPS) is 19.4. The van der Waals surface area contributed by atoms with Crippen LogP contribution in [0, 0.1) is 5.41 Å². The first-order valence-electron chi connectivity index (χ1n) is 6.11. The van der Waals surface area contributed by atoms with Crippen molar-refractivity contribution in [2.24, 2.45) is 11.1 Å². The van der Waals surface area contributed by atoms with Crippen molar-refractivity contribution in [1.29, 1.82) is 0 Å². The van der Waals surface area contributed by atoms with E-state index in [-0.39, 0.29) is 0 Å². The number of piperidine rings is 1. The van der Waals surface area contributed by atoms with Gasteiger partial charge in [-0.2, -0.15) is 0 Å². The van der Waals surface area contributed by atoms with Gasteiger partial charge >= 0.3 is 0 Å². The van der Waals surface area contributed by atoms with Gasteiger partial charge in [-0.1, -0.05) is 13.8 Å². The minimum Gasteiger partial charge on any atom is -0.356 e. The van der Waals surface area contributed by atoms with Gasteiger partial charge in [-0.05, 0) is 40.3 Å². The molecule has 0 aliphatic carbocycles. The minimum absolute atomic E-state index is 0.374. The van der Waals surface area contributed by atoms with Gasteiger partial charge in [0.1, 0.15) is 5.82 Å². The van der Waals surface area contributed by atoms with Crippen LogP contribution in [0.3, 0.4) is 0 Å². The third-order valence-electron chi connectivity index (χ3n) is 3.33. The van der Waals surface area contributed by atoms with Crippen molar-refractivity contribution in [2.75, 3.05) is 18.0 Å². The Morgan fingerprint density at radius 1 is 1.53 bits per heavy atom. The van der Waals surface area contributed by atoms with Gasteiger partial charge in [0.25, 0.3) is 0 Å². The van der Waals surface area contributed by atoms with E-state index in [4.69, 9.17) is 5.73 Å². The molecule has 1 saturated heterocycles. The Morgan fingerprint density at radius 2 is 2.29 bits per heavy atom. The zero-order chi connectivity index (χ0) is 12.5. The van der Waals surface area contributed by atoms with Crippen LogP contribution in [-0.2, 0) is 6.54 Å². The van der Waals surface area contributed by atoms with Crippen LogP contribution in [0.2, 0.25) is 0 Å². The lowest BCUT2D eigenvalue weighted by atomic mass is 9.84. The molecule has 0 radical (unpaired) electrons. The molecule has 0 spiro atoms. The predicted octanol–water partition coefficient (Wildman–Crippen LogP) is 2.93. The fourth-order valence-corrected chi connectivity index (χ4v) is 2.89. The fourth-order valence-electron chi connectivity index (χ4n) is 2.51. The largest absolute Gasteiger partial charge is 0.356 e. The van der Waals surface area contributed by atoms with Crippen molar-refractivity contribution in [2.45, 2.75) is 33.2 Å². The van der Waals surface area contributed by atoms with Gasteiger partial charge in [0, 0.05) is 35.9 Å². The van der Waals surface area contributed by atoms with E-state index < -0.39 is 0 Å². The summed E-state index contributed by atoms with van der Waals surface area (Å²) in [7, 11) is 0. The van der Waals surface area contributed by atoms with E-state index in [1.54, 1.807) is 0 Å². The van der Waals surface area contributed by atoms with Crippen molar-refractivity contribution in [1.82, 2.24) is 4.98 Å². The fraction of sp³-hybridized carbons (Fsp3) is 0.615. The molecule has 2 heterocycles. The lowest BCUT2D eigenvalue weighted by molar-refractivity contribution is 0.292. The van der Waals surface area contributed by atoms with Crippen LogP contribution in [-0.4, -0.2) is 18.1 Å². The second-order valence-electron chi connectivity index (χ2n) is 5.53. The molecule has 1 fully saturated rings. The number of halogens is 1. The molecule has 3 nitrogen and oxygen atoms in total. The van der Waals surface area contributed by atoms with Gasteiger partial charge in [-0.15, -0.1) is 0 Å². The van der Waals surface area contributed by atoms with Crippen LogP contribution >= 0.6 is 15.9 Å². The van der Waals surface area contributed by atoms with Crippen LogP contribution in [0.4, 0.5) is 5.82 Å². The number of anilines is 1. The first-order valence-corrected chi connectivity index (χ1v) is 6.90.